The smallest absolute Gasteiger partial charge is 0.409 e. The van der Waals surface area contributed by atoms with Crippen LogP contribution in [0.3, 0.4) is 0 Å². The van der Waals surface area contributed by atoms with Crippen molar-refractivity contribution in [3.05, 3.63) is 0 Å². The molecule has 1 atom stereocenters. The molecule has 124 valence electrons. The van der Waals surface area contributed by atoms with Gasteiger partial charge in [0, 0.05) is 0 Å². The van der Waals surface area contributed by atoms with Crippen molar-refractivity contribution >= 4 is 11.9 Å². The summed E-state index contributed by atoms with van der Waals surface area (Å²) in [5.41, 5.74) is 0. The monoisotopic (exact) mass is 323 g/mol. The molecule has 21 heavy (non-hydrogen) atoms. The van der Waals surface area contributed by atoms with Crippen LogP contribution in [-0.4, -0.2) is 37.4 Å². The molecule has 0 radical (unpaired) electrons. The van der Waals surface area contributed by atoms with Gasteiger partial charge in [0.25, 0.3) is 0 Å². The zero-order valence-electron chi connectivity index (χ0n) is 11.4. The van der Waals surface area contributed by atoms with Crippen LogP contribution in [-0.2, 0) is 14.3 Å². The lowest BCUT2D eigenvalue weighted by atomic mass is 10.0. The molecule has 10 heteroatoms. The van der Waals surface area contributed by atoms with Gasteiger partial charge in [-0.2, -0.15) is 26.3 Å². The molecule has 0 heterocycles. The summed E-state index contributed by atoms with van der Waals surface area (Å²) in [5.74, 6) is -7.89. The Morgan fingerprint density at radius 2 is 1.48 bits per heavy atom. The number of halogens is 6. The van der Waals surface area contributed by atoms with Gasteiger partial charge >= 0.3 is 18.3 Å². The molecule has 0 rings (SSSR count). The molecule has 0 saturated heterocycles. The van der Waals surface area contributed by atoms with E-state index in [9.17, 15) is 35.9 Å². The van der Waals surface area contributed by atoms with Gasteiger partial charge in [0.05, 0.1) is 7.11 Å². The zero-order chi connectivity index (χ0) is 17.0. The number of ether oxygens (including phenoxy) is 1. The van der Waals surface area contributed by atoms with Gasteiger partial charge in [0.15, 0.2) is 0 Å². The molecule has 0 spiro atoms. The van der Waals surface area contributed by atoms with E-state index in [1.165, 1.54) is 5.32 Å². The second-order valence-electron chi connectivity index (χ2n) is 4.73. The predicted octanol–water partition coefficient (Wildman–Crippen LogP) is 2.43. The molecule has 4 nitrogen and oxygen atoms in total. The largest absolute Gasteiger partial charge is 0.467 e. The summed E-state index contributed by atoms with van der Waals surface area (Å²) in [6.45, 7) is 3.15. The number of carbonyl (C=O) groups is 2. The van der Waals surface area contributed by atoms with E-state index in [1.54, 1.807) is 13.8 Å². The van der Waals surface area contributed by atoms with Crippen molar-refractivity contribution in [3.8, 4) is 0 Å². The normalized spacial score (nSPS) is 14.2. The maximum absolute atomic E-state index is 12.4. The number of amides is 1. The molecule has 0 aromatic carbocycles. The summed E-state index contributed by atoms with van der Waals surface area (Å²) in [6, 6.07) is -1.57. The molecule has 0 aliphatic rings. The number of nitrogens with one attached hydrogen (secondary N) is 1. The van der Waals surface area contributed by atoms with Crippen molar-refractivity contribution in [3.63, 3.8) is 0 Å². The fourth-order valence-corrected chi connectivity index (χ4v) is 1.57. The molecular formula is C11H15F6NO3. The van der Waals surface area contributed by atoms with E-state index in [4.69, 9.17) is 0 Å². The molecular weight excluding hydrogens is 308 g/mol. The Hall–Kier alpha value is -1.48. The predicted molar refractivity (Wildman–Crippen MR) is 59.0 cm³/mol. The topological polar surface area (TPSA) is 55.4 Å². The number of hydrogen-bond donors (Lipinski definition) is 1. The average molecular weight is 323 g/mol. The maximum atomic E-state index is 12.4. The Labute approximate surface area is 116 Å². The molecule has 1 N–H and O–H groups in total. The lowest BCUT2D eigenvalue weighted by molar-refractivity contribution is -0.274. The van der Waals surface area contributed by atoms with Crippen molar-refractivity contribution < 1.29 is 40.7 Å². The third-order valence-electron chi connectivity index (χ3n) is 2.43. The quantitative estimate of drug-likeness (QED) is 0.624. The lowest BCUT2D eigenvalue weighted by Gasteiger charge is -2.25. The molecule has 0 aliphatic carbocycles. The van der Waals surface area contributed by atoms with Crippen molar-refractivity contribution in [2.45, 2.75) is 38.7 Å². The first kappa shape index (κ1) is 19.5. The Kier molecular flexibility index (Phi) is 6.50. The SMILES string of the molecule is COC(=O)C(CC(C)C)NC(=O)C(C(F)(F)F)C(F)(F)F. The van der Waals surface area contributed by atoms with Gasteiger partial charge < -0.3 is 10.1 Å². The number of alkyl halides is 6. The minimum Gasteiger partial charge on any atom is -0.467 e. The zero-order valence-corrected chi connectivity index (χ0v) is 11.4. The van der Waals surface area contributed by atoms with E-state index in [0.717, 1.165) is 7.11 Å². The van der Waals surface area contributed by atoms with E-state index in [-0.39, 0.29) is 12.3 Å². The van der Waals surface area contributed by atoms with Crippen LogP contribution in [0.4, 0.5) is 26.3 Å². The van der Waals surface area contributed by atoms with Gasteiger partial charge in [-0.25, -0.2) is 4.79 Å². The van der Waals surface area contributed by atoms with Gasteiger partial charge in [0.1, 0.15) is 6.04 Å². The summed E-state index contributed by atoms with van der Waals surface area (Å²) in [6.07, 6.45) is -11.8. The first-order valence-corrected chi connectivity index (χ1v) is 5.82. The highest BCUT2D eigenvalue weighted by molar-refractivity contribution is 5.86. The Morgan fingerprint density at radius 3 is 1.76 bits per heavy atom. The van der Waals surface area contributed by atoms with Crippen LogP contribution in [0.5, 0.6) is 0 Å². The minimum absolute atomic E-state index is 0.152. The van der Waals surface area contributed by atoms with Gasteiger partial charge in [-0.3, -0.25) is 4.79 Å². The van der Waals surface area contributed by atoms with Crippen LogP contribution in [0, 0.1) is 11.8 Å². The van der Waals surface area contributed by atoms with E-state index < -0.39 is 36.2 Å². The van der Waals surface area contributed by atoms with E-state index in [2.05, 4.69) is 4.74 Å². The third-order valence-corrected chi connectivity index (χ3v) is 2.43. The summed E-state index contributed by atoms with van der Waals surface area (Å²) in [7, 11) is 0.910. The lowest BCUT2D eigenvalue weighted by Crippen LogP contribution is -2.52. The highest BCUT2D eigenvalue weighted by Crippen LogP contribution is 2.39. The van der Waals surface area contributed by atoms with Crippen molar-refractivity contribution in [1.29, 1.82) is 0 Å². The highest BCUT2D eigenvalue weighted by atomic mass is 19.4. The van der Waals surface area contributed by atoms with Crippen LogP contribution in [0.25, 0.3) is 0 Å². The van der Waals surface area contributed by atoms with Crippen molar-refractivity contribution in [1.82, 2.24) is 5.32 Å². The fraction of sp³-hybridized carbons (Fsp3) is 0.818. The average Bonchev–Trinajstić information content (AvgIpc) is 2.21. The highest BCUT2D eigenvalue weighted by Gasteiger charge is 2.61. The van der Waals surface area contributed by atoms with Gasteiger partial charge in [0.2, 0.25) is 11.8 Å². The van der Waals surface area contributed by atoms with Gasteiger partial charge in [-0.1, -0.05) is 13.8 Å². The number of carbonyl (C=O) groups excluding carboxylic acids is 2. The molecule has 0 bridgehead atoms. The first-order chi connectivity index (χ1) is 9.30. The Morgan fingerprint density at radius 1 is 1.05 bits per heavy atom. The second-order valence-corrected chi connectivity index (χ2v) is 4.73. The Bertz CT molecular complexity index is 363. The summed E-state index contributed by atoms with van der Waals surface area (Å²) < 4.78 is 78.4. The van der Waals surface area contributed by atoms with Gasteiger partial charge in [-0.05, 0) is 12.3 Å². The molecule has 0 fully saturated rings. The number of hydrogen-bond acceptors (Lipinski definition) is 3. The van der Waals surface area contributed by atoms with Crippen LogP contribution < -0.4 is 5.32 Å². The van der Waals surface area contributed by atoms with Crippen molar-refractivity contribution in [2.75, 3.05) is 7.11 Å². The standard InChI is InChI=1S/C11H15F6NO3/c1-5(2)4-6(9(20)21-3)18-8(19)7(10(12,13)14)11(15,16)17/h5-7H,4H2,1-3H3,(H,18,19). The van der Waals surface area contributed by atoms with E-state index in [1.807, 2.05) is 0 Å². The molecule has 0 aromatic rings. The summed E-state index contributed by atoms with van der Waals surface area (Å²) in [4.78, 5) is 22.6. The number of esters is 1. The fourth-order valence-electron chi connectivity index (χ4n) is 1.57. The Balaban J connectivity index is 5.22. The molecule has 1 unspecified atom stereocenters. The van der Waals surface area contributed by atoms with Crippen molar-refractivity contribution in [2.24, 2.45) is 11.8 Å². The van der Waals surface area contributed by atoms with Crippen LogP contribution in [0.15, 0.2) is 0 Å². The molecule has 1 amide bonds. The van der Waals surface area contributed by atoms with E-state index >= 15 is 0 Å². The third kappa shape index (κ3) is 6.21. The molecule has 0 aromatic heterocycles. The maximum Gasteiger partial charge on any atom is 0.409 e. The van der Waals surface area contributed by atoms with Gasteiger partial charge in [-0.15, -0.1) is 0 Å². The molecule has 0 saturated carbocycles. The van der Waals surface area contributed by atoms with Crippen LogP contribution in [0.2, 0.25) is 0 Å². The summed E-state index contributed by atoms with van der Waals surface area (Å²) in [5, 5.41) is 1.46. The number of rotatable bonds is 5. The first-order valence-electron chi connectivity index (χ1n) is 5.82. The second kappa shape index (κ2) is 6.99. The van der Waals surface area contributed by atoms with E-state index in [0.29, 0.717) is 0 Å². The minimum atomic E-state index is -5.80. The molecule has 0 aliphatic heterocycles. The van der Waals surface area contributed by atoms with Crippen LogP contribution in [0.1, 0.15) is 20.3 Å². The number of methoxy groups -OCH3 is 1. The summed E-state index contributed by atoms with van der Waals surface area (Å²) >= 11 is 0. The van der Waals surface area contributed by atoms with Crippen LogP contribution >= 0.6 is 0 Å².